The van der Waals surface area contributed by atoms with Crippen LogP contribution in [0.3, 0.4) is 0 Å². The Labute approximate surface area is 104 Å². The van der Waals surface area contributed by atoms with Crippen molar-refractivity contribution in [1.29, 1.82) is 0 Å². The molecule has 0 heterocycles. The first-order valence-corrected chi connectivity index (χ1v) is 8.55. The minimum atomic E-state index is -2.01. The molecule has 0 saturated carbocycles. The van der Waals surface area contributed by atoms with Gasteiger partial charge in [0, 0.05) is 19.6 Å². The molecule has 0 aliphatic rings. The van der Waals surface area contributed by atoms with Crippen LogP contribution in [0.5, 0.6) is 0 Å². The number of hydrogen-bond acceptors (Lipinski definition) is 2. The molecule has 1 aromatic rings. The van der Waals surface area contributed by atoms with E-state index < -0.39 is 8.56 Å². The van der Waals surface area contributed by atoms with Gasteiger partial charge in [0.1, 0.15) is 0 Å². The highest BCUT2D eigenvalue weighted by Gasteiger charge is 2.29. The molecule has 1 aromatic carbocycles. The van der Waals surface area contributed by atoms with E-state index in [1.165, 1.54) is 5.56 Å². The van der Waals surface area contributed by atoms with Crippen molar-refractivity contribution in [3.8, 4) is 0 Å². The van der Waals surface area contributed by atoms with Gasteiger partial charge in [-0.25, -0.2) is 0 Å². The standard InChI is InChI=1S/C12H19ClO2Si/c1-14-16(2,15-10-9-13)11-8-12-6-4-3-5-7-12/h3-7H,8-11H2,1-2H3. The molecule has 0 amide bonds. The average Bonchev–Trinajstić information content (AvgIpc) is 2.35. The van der Waals surface area contributed by atoms with Crippen molar-refractivity contribution < 1.29 is 8.85 Å². The normalized spacial score (nSPS) is 14.7. The number of aryl methyl sites for hydroxylation is 1. The second-order valence-electron chi connectivity index (χ2n) is 3.86. The fourth-order valence-electron chi connectivity index (χ4n) is 1.50. The molecule has 0 saturated heterocycles. The van der Waals surface area contributed by atoms with E-state index in [0.717, 1.165) is 12.5 Å². The summed E-state index contributed by atoms with van der Waals surface area (Å²) in [5.74, 6) is 0.525. The Hall–Kier alpha value is -0.353. The van der Waals surface area contributed by atoms with Crippen LogP contribution in [0.1, 0.15) is 5.56 Å². The Kier molecular flexibility index (Phi) is 6.06. The Morgan fingerprint density at radius 1 is 1.25 bits per heavy atom. The van der Waals surface area contributed by atoms with E-state index in [0.29, 0.717) is 12.5 Å². The molecule has 1 unspecified atom stereocenters. The first-order chi connectivity index (χ1) is 7.70. The van der Waals surface area contributed by atoms with Crippen molar-refractivity contribution in [2.24, 2.45) is 0 Å². The molecular formula is C12H19ClO2Si. The number of hydrogen-bond donors (Lipinski definition) is 0. The molecule has 0 spiro atoms. The summed E-state index contributed by atoms with van der Waals surface area (Å²) in [5, 5.41) is 0. The van der Waals surface area contributed by atoms with Crippen LogP contribution in [-0.2, 0) is 15.3 Å². The van der Waals surface area contributed by atoms with Gasteiger partial charge < -0.3 is 8.85 Å². The molecule has 0 aliphatic heterocycles. The van der Waals surface area contributed by atoms with Crippen LogP contribution in [0.25, 0.3) is 0 Å². The lowest BCUT2D eigenvalue weighted by Crippen LogP contribution is -2.38. The molecule has 0 fully saturated rings. The molecular weight excluding hydrogens is 240 g/mol. The molecule has 0 aliphatic carbocycles. The van der Waals surface area contributed by atoms with E-state index in [1.54, 1.807) is 7.11 Å². The van der Waals surface area contributed by atoms with Crippen molar-refractivity contribution in [3.63, 3.8) is 0 Å². The summed E-state index contributed by atoms with van der Waals surface area (Å²) >= 11 is 5.62. The topological polar surface area (TPSA) is 18.5 Å². The van der Waals surface area contributed by atoms with Gasteiger partial charge in [0.25, 0.3) is 0 Å². The van der Waals surface area contributed by atoms with Gasteiger partial charge in [0.15, 0.2) is 0 Å². The minimum absolute atomic E-state index is 0.525. The van der Waals surface area contributed by atoms with Gasteiger partial charge in [0.05, 0.1) is 0 Å². The Morgan fingerprint density at radius 3 is 2.50 bits per heavy atom. The van der Waals surface area contributed by atoms with Gasteiger partial charge in [0.2, 0.25) is 0 Å². The molecule has 0 aromatic heterocycles. The summed E-state index contributed by atoms with van der Waals surface area (Å²) in [7, 11) is -0.284. The molecule has 90 valence electrons. The average molecular weight is 259 g/mol. The van der Waals surface area contributed by atoms with E-state index in [1.807, 2.05) is 6.07 Å². The van der Waals surface area contributed by atoms with Crippen LogP contribution in [0.4, 0.5) is 0 Å². The van der Waals surface area contributed by atoms with Gasteiger partial charge in [-0.1, -0.05) is 30.3 Å². The third kappa shape index (κ3) is 4.66. The maximum Gasteiger partial charge on any atom is 0.335 e. The summed E-state index contributed by atoms with van der Waals surface area (Å²) in [6.07, 6.45) is 1.000. The van der Waals surface area contributed by atoms with Crippen LogP contribution >= 0.6 is 11.6 Å². The molecule has 1 rings (SSSR count). The zero-order valence-electron chi connectivity index (χ0n) is 9.91. The zero-order chi connectivity index (χ0) is 11.9. The molecule has 0 radical (unpaired) electrons. The van der Waals surface area contributed by atoms with E-state index in [9.17, 15) is 0 Å². The highest BCUT2D eigenvalue weighted by Crippen LogP contribution is 2.16. The number of alkyl halides is 1. The lowest BCUT2D eigenvalue weighted by atomic mass is 10.2. The Morgan fingerprint density at radius 2 is 1.94 bits per heavy atom. The van der Waals surface area contributed by atoms with E-state index in [4.69, 9.17) is 20.5 Å². The summed E-state index contributed by atoms with van der Waals surface area (Å²) in [6, 6.07) is 11.4. The predicted molar refractivity (Wildman–Crippen MR) is 70.3 cm³/mol. The molecule has 2 nitrogen and oxygen atoms in total. The van der Waals surface area contributed by atoms with Crippen LogP contribution in [0.15, 0.2) is 30.3 Å². The predicted octanol–water partition coefficient (Wildman–Crippen LogP) is 3.20. The highest BCUT2D eigenvalue weighted by atomic mass is 35.5. The molecule has 4 heteroatoms. The van der Waals surface area contributed by atoms with E-state index in [2.05, 4.69) is 30.8 Å². The highest BCUT2D eigenvalue weighted by molar-refractivity contribution is 6.66. The minimum Gasteiger partial charge on any atom is -0.398 e. The van der Waals surface area contributed by atoms with Crippen molar-refractivity contribution in [1.82, 2.24) is 0 Å². The smallest absolute Gasteiger partial charge is 0.335 e. The number of benzene rings is 1. The molecule has 16 heavy (non-hydrogen) atoms. The van der Waals surface area contributed by atoms with Crippen molar-refractivity contribution in [2.75, 3.05) is 19.6 Å². The Bertz CT molecular complexity index is 294. The lowest BCUT2D eigenvalue weighted by molar-refractivity contribution is 0.216. The Balaban J connectivity index is 2.44. The first-order valence-electron chi connectivity index (χ1n) is 5.49. The van der Waals surface area contributed by atoms with Gasteiger partial charge >= 0.3 is 8.56 Å². The van der Waals surface area contributed by atoms with E-state index >= 15 is 0 Å². The quantitative estimate of drug-likeness (QED) is 0.552. The van der Waals surface area contributed by atoms with Crippen LogP contribution in [0.2, 0.25) is 12.6 Å². The molecule has 0 bridgehead atoms. The van der Waals surface area contributed by atoms with Crippen molar-refractivity contribution in [2.45, 2.75) is 19.0 Å². The van der Waals surface area contributed by atoms with Gasteiger partial charge in [-0.3, -0.25) is 0 Å². The third-order valence-electron chi connectivity index (χ3n) is 2.63. The summed E-state index contributed by atoms with van der Waals surface area (Å²) in [6.45, 7) is 2.66. The fraction of sp³-hybridized carbons (Fsp3) is 0.500. The second kappa shape index (κ2) is 7.07. The first kappa shape index (κ1) is 13.7. The van der Waals surface area contributed by atoms with Crippen molar-refractivity contribution >= 4 is 20.2 Å². The molecule has 1 atom stereocenters. The number of halogens is 1. The maximum absolute atomic E-state index is 5.73. The van der Waals surface area contributed by atoms with Crippen molar-refractivity contribution in [3.05, 3.63) is 35.9 Å². The largest absolute Gasteiger partial charge is 0.398 e. The van der Waals surface area contributed by atoms with Crippen LogP contribution < -0.4 is 0 Å². The summed E-state index contributed by atoms with van der Waals surface area (Å²) < 4.78 is 11.3. The summed E-state index contributed by atoms with van der Waals surface area (Å²) in [5.41, 5.74) is 1.33. The third-order valence-corrected chi connectivity index (χ3v) is 5.62. The fourth-order valence-corrected chi connectivity index (χ4v) is 3.45. The van der Waals surface area contributed by atoms with Gasteiger partial charge in [-0.05, 0) is 24.6 Å². The summed E-state index contributed by atoms with van der Waals surface area (Å²) in [4.78, 5) is 0. The lowest BCUT2D eigenvalue weighted by Gasteiger charge is -2.24. The van der Waals surface area contributed by atoms with Gasteiger partial charge in [-0.2, -0.15) is 0 Å². The number of rotatable bonds is 7. The SMILES string of the molecule is CO[Si](C)(CCc1ccccc1)OCCCl. The monoisotopic (exact) mass is 258 g/mol. The second-order valence-corrected chi connectivity index (χ2v) is 7.70. The van der Waals surface area contributed by atoms with Crippen LogP contribution in [-0.4, -0.2) is 28.2 Å². The zero-order valence-corrected chi connectivity index (χ0v) is 11.7. The maximum atomic E-state index is 5.73. The molecule has 0 N–H and O–H groups in total. The van der Waals surface area contributed by atoms with Gasteiger partial charge in [-0.15, -0.1) is 11.6 Å². The van der Waals surface area contributed by atoms with Crippen LogP contribution in [0, 0.1) is 0 Å². The van der Waals surface area contributed by atoms with E-state index in [-0.39, 0.29) is 0 Å².